The number of fused-ring (bicyclic) bond motifs is 1. The second kappa shape index (κ2) is 4.41. The Hall–Kier alpha value is -2.10. The summed E-state index contributed by atoms with van der Waals surface area (Å²) in [5.41, 5.74) is 3.18. The number of aryl methyl sites for hydroxylation is 2. The molecule has 0 saturated heterocycles. The van der Waals surface area contributed by atoms with E-state index in [1.165, 1.54) is 11.6 Å². The van der Waals surface area contributed by atoms with E-state index >= 15 is 0 Å². The van der Waals surface area contributed by atoms with Crippen LogP contribution in [0.4, 0.5) is 0 Å². The highest BCUT2D eigenvalue weighted by Crippen LogP contribution is 2.20. The van der Waals surface area contributed by atoms with E-state index in [0.717, 1.165) is 23.5 Å². The smallest absolute Gasteiger partial charge is 0.328 e. The molecule has 0 unspecified atom stereocenters. The lowest BCUT2D eigenvalue weighted by atomic mass is 10.1. The largest absolute Gasteiger partial charge is 0.478 e. The van der Waals surface area contributed by atoms with Crippen molar-refractivity contribution in [3.05, 3.63) is 35.7 Å². The Morgan fingerprint density at radius 3 is 2.94 bits per heavy atom. The summed E-state index contributed by atoms with van der Waals surface area (Å²) >= 11 is 0. The van der Waals surface area contributed by atoms with E-state index in [-0.39, 0.29) is 0 Å². The molecule has 0 aliphatic carbocycles. The Labute approximate surface area is 99.2 Å². The molecule has 1 heterocycles. The summed E-state index contributed by atoms with van der Waals surface area (Å²) in [5, 5.41) is 8.62. The number of aliphatic carboxylic acids is 1. The molecule has 0 atom stereocenters. The van der Waals surface area contributed by atoms with Crippen molar-refractivity contribution >= 4 is 23.1 Å². The molecule has 1 aromatic heterocycles. The van der Waals surface area contributed by atoms with Crippen LogP contribution in [0.25, 0.3) is 17.1 Å². The second-order valence-corrected chi connectivity index (χ2v) is 3.84. The number of para-hydroxylation sites is 1. The average molecular weight is 230 g/mol. The van der Waals surface area contributed by atoms with Crippen LogP contribution >= 0.6 is 0 Å². The fourth-order valence-electron chi connectivity index (χ4n) is 1.95. The predicted octanol–water partition coefficient (Wildman–Crippen LogP) is 2.23. The first-order valence-electron chi connectivity index (χ1n) is 5.48. The molecule has 2 aromatic rings. The topological polar surface area (TPSA) is 55.1 Å². The fraction of sp³-hybridized carbons (Fsp3) is 0.231. The van der Waals surface area contributed by atoms with Gasteiger partial charge in [0.25, 0.3) is 0 Å². The fourth-order valence-corrected chi connectivity index (χ4v) is 1.95. The summed E-state index contributed by atoms with van der Waals surface area (Å²) in [6.45, 7) is 2.09. The van der Waals surface area contributed by atoms with Gasteiger partial charge in [-0.3, -0.25) is 0 Å². The van der Waals surface area contributed by atoms with Crippen LogP contribution in [-0.4, -0.2) is 20.6 Å². The van der Waals surface area contributed by atoms with Gasteiger partial charge in [0.05, 0.1) is 11.0 Å². The van der Waals surface area contributed by atoms with Crippen molar-refractivity contribution in [2.24, 2.45) is 7.05 Å². The average Bonchev–Trinajstić information content (AvgIpc) is 2.64. The first-order chi connectivity index (χ1) is 8.13. The Morgan fingerprint density at radius 1 is 1.53 bits per heavy atom. The number of carboxylic acids is 1. The summed E-state index contributed by atoms with van der Waals surface area (Å²) in [4.78, 5) is 14.9. The van der Waals surface area contributed by atoms with Crippen molar-refractivity contribution < 1.29 is 9.90 Å². The number of rotatable bonds is 3. The number of nitrogens with zero attached hydrogens (tertiary/aromatic N) is 2. The SMILES string of the molecule is CCc1cccc2nc(/C=C/C(=O)O)n(C)c12. The minimum Gasteiger partial charge on any atom is -0.478 e. The Kier molecular flexibility index (Phi) is 2.95. The van der Waals surface area contributed by atoms with Crippen LogP contribution in [0.15, 0.2) is 24.3 Å². The van der Waals surface area contributed by atoms with Gasteiger partial charge >= 0.3 is 5.97 Å². The summed E-state index contributed by atoms with van der Waals surface area (Å²) in [6.07, 6.45) is 3.55. The van der Waals surface area contributed by atoms with Gasteiger partial charge in [0.1, 0.15) is 5.82 Å². The van der Waals surface area contributed by atoms with Crippen molar-refractivity contribution in [3.8, 4) is 0 Å². The number of imidazole rings is 1. The summed E-state index contributed by atoms with van der Waals surface area (Å²) in [7, 11) is 1.90. The number of benzene rings is 1. The molecule has 0 spiro atoms. The van der Waals surface area contributed by atoms with Crippen LogP contribution in [0.3, 0.4) is 0 Å². The Balaban J connectivity index is 2.61. The van der Waals surface area contributed by atoms with E-state index in [1.807, 2.05) is 23.7 Å². The summed E-state index contributed by atoms with van der Waals surface area (Å²) < 4.78 is 1.92. The number of hydrogen-bond acceptors (Lipinski definition) is 2. The molecular weight excluding hydrogens is 216 g/mol. The highest BCUT2D eigenvalue weighted by Gasteiger charge is 2.08. The highest BCUT2D eigenvalue weighted by molar-refractivity contribution is 5.86. The molecule has 0 saturated carbocycles. The minimum absolute atomic E-state index is 0.656. The quantitative estimate of drug-likeness (QED) is 0.823. The third-order valence-corrected chi connectivity index (χ3v) is 2.77. The van der Waals surface area contributed by atoms with E-state index in [0.29, 0.717) is 5.82 Å². The third-order valence-electron chi connectivity index (χ3n) is 2.77. The van der Waals surface area contributed by atoms with E-state index in [9.17, 15) is 4.79 Å². The van der Waals surface area contributed by atoms with Gasteiger partial charge in [-0.05, 0) is 24.1 Å². The lowest BCUT2D eigenvalue weighted by Crippen LogP contribution is -1.95. The molecule has 0 aliphatic heterocycles. The summed E-state index contributed by atoms with van der Waals surface area (Å²) in [6, 6.07) is 5.97. The van der Waals surface area contributed by atoms with Gasteiger partial charge in [-0.2, -0.15) is 0 Å². The Morgan fingerprint density at radius 2 is 2.29 bits per heavy atom. The van der Waals surface area contributed by atoms with Gasteiger partial charge in [0, 0.05) is 13.1 Å². The van der Waals surface area contributed by atoms with Crippen LogP contribution in [0.5, 0.6) is 0 Å². The zero-order valence-electron chi connectivity index (χ0n) is 9.84. The van der Waals surface area contributed by atoms with Crippen molar-refractivity contribution in [3.63, 3.8) is 0 Å². The standard InChI is InChI=1S/C13H14N2O2/c1-3-9-5-4-6-10-13(9)15(2)11(14-10)7-8-12(16)17/h4-8H,3H2,1-2H3,(H,16,17)/b8-7+. The first-order valence-corrected chi connectivity index (χ1v) is 5.48. The zero-order valence-corrected chi connectivity index (χ0v) is 9.84. The van der Waals surface area contributed by atoms with E-state index in [1.54, 1.807) is 0 Å². The highest BCUT2D eigenvalue weighted by atomic mass is 16.4. The summed E-state index contributed by atoms with van der Waals surface area (Å²) in [5.74, 6) is -0.309. The molecular formula is C13H14N2O2. The third kappa shape index (κ3) is 2.06. The van der Waals surface area contributed by atoms with Crippen LogP contribution in [0, 0.1) is 0 Å². The van der Waals surface area contributed by atoms with Crippen molar-refractivity contribution in [1.82, 2.24) is 9.55 Å². The Bertz CT molecular complexity index is 597. The molecule has 4 heteroatoms. The molecule has 0 aliphatic rings. The maximum atomic E-state index is 10.5. The maximum absolute atomic E-state index is 10.5. The number of carboxylic acid groups (broad SMARTS) is 1. The van der Waals surface area contributed by atoms with Crippen LogP contribution in [0.2, 0.25) is 0 Å². The number of carbonyl (C=O) groups is 1. The van der Waals surface area contributed by atoms with Crippen LogP contribution < -0.4 is 0 Å². The van der Waals surface area contributed by atoms with Gasteiger partial charge in [-0.15, -0.1) is 0 Å². The maximum Gasteiger partial charge on any atom is 0.328 e. The van der Waals surface area contributed by atoms with E-state index in [4.69, 9.17) is 5.11 Å². The van der Waals surface area contributed by atoms with E-state index in [2.05, 4.69) is 18.0 Å². The molecule has 0 radical (unpaired) electrons. The molecule has 4 nitrogen and oxygen atoms in total. The van der Waals surface area contributed by atoms with E-state index < -0.39 is 5.97 Å². The molecule has 1 N–H and O–H groups in total. The van der Waals surface area contributed by atoms with Crippen molar-refractivity contribution in [1.29, 1.82) is 0 Å². The van der Waals surface area contributed by atoms with Gasteiger partial charge in [-0.1, -0.05) is 19.1 Å². The lowest BCUT2D eigenvalue weighted by molar-refractivity contribution is -0.131. The zero-order chi connectivity index (χ0) is 12.4. The van der Waals surface area contributed by atoms with Gasteiger partial charge in [0.15, 0.2) is 0 Å². The molecule has 0 bridgehead atoms. The van der Waals surface area contributed by atoms with Gasteiger partial charge < -0.3 is 9.67 Å². The molecule has 0 fully saturated rings. The number of hydrogen-bond donors (Lipinski definition) is 1. The van der Waals surface area contributed by atoms with Crippen LogP contribution in [0.1, 0.15) is 18.3 Å². The number of aromatic nitrogens is 2. The van der Waals surface area contributed by atoms with Crippen LogP contribution in [-0.2, 0) is 18.3 Å². The van der Waals surface area contributed by atoms with Crippen molar-refractivity contribution in [2.75, 3.05) is 0 Å². The van der Waals surface area contributed by atoms with Gasteiger partial charge in [0.2, 0.25) is 0 Å². The molecule has 1 aromatic carbocycles. The van der Waals surface area contributed by atoms with Crippen molar-refractivity contribution in [2.45, 2.75) is 13.3 Å². The lowest BCUT2D eigenvalue weighted by Gasteiger charge is -2.02. The predicted molar refractivity (Wildman–Crippen MR) is 66.8 cm³/mol. The molecule has 0 amide bonds. The molecule has 2 rings (SSSR count). The first kappa shape index (κ1) is 11.4. The molecule has 88 valence electrons. The monoisotopic (exact) mass is 230 g/mol. The second-order valence-electron chi connectivity index (χ2n) is 3.84. The van der Waals surface area contributed by atoms with Gasteiger partial charge in [-0.25, -0.2) is 9.78 Å². The molecule has 17 heavy (non-hydrogen) atoms. The minimum atomic E-state index is -0.965. The normalized spacial score (nSPS) is 11.4.